The van der Waals surface area contributed by atoms with Crippen molar-refractivity contribution >= 4 is 23.5 Å². The zero-order valence-electron chi connectivity index (χ0n) is 13.6. The molecule has 1 aliphatic heterocycles. The summed E-state index contributed by atoms with van der Waals surface area (Å²) in [6.07, 6.45) is 7.11. The Hall–Kier alpha value is -2.89. The number of nitrogens with one attached hydrogen (secondary N) is 1. The molecule has 124 valence electrons. The van der Waals surface area contributed by atoms with Crippen LogP contribution in [0.2, 0.25) is 0 Å². The third-order valence-electron chi connectivity index (χ3n) is 3.82. The van der Waals surface area contributed by atoms with Gasteiger partial charge < -0.3 is 15.0 Å². The fourth-order valence-electron chi connectivity index (χ4n) is 2.62. The maximum absolute atomic E-state index is 12.2. The van der Waals surface area contributed by atoms with Gasteiger partial charge in [-0.3, -0.25) is 4.79 Å². The van der Waals surface area contributed by atoms with Crippen molar-refractivity contribution in [1.82, 2.24) is 9.97 Å². The van der Waals surface area contributed by atoms with Gasteiger partial charge in [-0.15, -0.1) is 0 Å². The summed E-state index contributed by atoms with van der Waals surface area (Å²) >= 11 is 0. The predicted octanol–water partition coefficient (Wildman–Crippen LogP) is 2.74. The van der Waals surface area contributed by atoms with Gasteiger partial charge in [0, 0.05) is 19.2 Å². The van der Waals surface area contributed by atoms with E-state index in [1.807, 2.05) is 30.3 Å². The summed E-state index contributed by atoms with van der Waals surface area (Å²) in [5, 5.41) is 2.86. The molecule has 1 aromatic carbocycles. The van der Waals surface area contributed by atoms with E-state index in [9.17, 15) is 4.79 Å². The third-order valence-corrected chi connectivity index (χ3v) is 3.82. The Labute approximate surface area is 141 Å². The molecular weight excluding hydrogens is 304 g/mol. The molecule has 3 rings (SSSR count). The summed E-state index contributed by atoms with van der Waals surface area (Å²) in [4.78, 5) is 22.8. The van der Waals surface area contributed by atoms with Crippen LogP contribution in [0.4, 0.5) is 11.5 Å². The van der Waals surface area contributed by atoms with Crippen LogP contribution in [-0.4, -0.2) is 36.1 Å². The van der Waals surface area contributed by atoms with E-state index in [1.165, 1.54) is 13.2 Å². The second-order valence-electron chi connectivity index (χ2n) is 5.52. The Bertz CT molecular complexity index is 725. The standard InChI is InChI=1S/C18H20N4O2/c1-24-18-19-13-15(17(21-18)22-11-5-6-12-22)20-16(23)10-9-14-7-3-2-4-8-14/h2-4,7-10,13H,5-6,11-12H2,1H3,(H,20,23). The number of hydrogen-bond acceptors (Lipinski definition) is 5. The molecule has 6 nitrogen and oxygen atoms in total. The molecule has 0 spiro atoms. The van der Waals surface area contributed by atoms with Gasteiger partial charge in [-0.2, -0.15) is 4.98 Å². The van der Waals surface area contributed by atoms with Crippen LogP contribution in [0.5, 0.6) is 6.01 Å². The van der Waals surface area contributed by atoms with Crippen molar-refractivity contribution in [3.8, 4) is 6.01 Å². The van der Waals surface area contributed by atoms with Crippen molar-refractivity contribution in [2.45, 2.75) is 12.8 Å². The predicted molar refractivity (Wildman–Crippen MR) is 94.1 cm³/mol. The van der Waals surface area contributed by atoms with Crippen LogP contribution in [0.3, 0.4) is 0 Å². The molecule has 0 aliphatic carbocycles. The van der Waals surface area contributed by atoms with Crippen LogP contribution in [0.1, 0.15) is 18.4 Å². The van der Waals surface area contributed by atoms with E-state index in [4.69, 9.17) is 4.74 Å². The van der Waals surface area contributed by atoms with Gasteiger partial charge in [-0.25, -0.2) is 4.98 Å². The van der Waals surface area contributed by atoms with Gasteiger partial charge in [0.2, 0.25) is 5.91 Å². The van der Waals surface area contributed by atoms with Crippen LogP contribution >= 0.6 is 0 Å². The maximum Gasteiger partial charge on any atom is 0.318 e. The lowest BCUT2D eigenvalue weighted by Crippen LogP contribution is -2.22. The summed E-state index contributed by atoms with van der Waals surface area (Å²) < 4.78 is 5.10. The molecule has 1 fully saturated rings. The smallest absolute Gasteiger partial charge is 0.318 e. The molecule has 1 amide bonds. The molecule has 0 bridgehead atoms. The number of carbonyl (C=O) groups is 1. The van der Waals surface area contributed by atoms with Crippen molar-refractivity contribution in [1.29, 1.82) is 0 Å². The molecule has 6 heteroatoms. The zero-order valence-corrected chi connectivity index (χ0v) is 13.6. The molecule has 24 heavy (non-hydrogen) atoms. The van der Waals surface area contributed by atoms with Crippen LogP contribution < -0.4 is 15.0 Å². The zero-order chi connectivity index (χ0) is 16.8. The Kier molecular flexibility index (Phi) is 5.05. The van der Waals surface area contributed by atoms with Crippen molar-refractivity contribution in [2.24, 2.45) is 0 Å². The lowest BCUT2D eigenvalue weighted by molar-refractivity contribution is -0.111. The minimum absolute atomic E-state index is 0.215. The maximum atomic E-state index is 12.2. The van der Waals surface area contributed by atoms with E-state index >= 15 is 0 Å². The highest BCUT2D eigenvalue weighted by molar-refractivity contribution is 6.03. The van der Waals surface area contributed by atoms with E-state index in [0.29, 0.717) is 17.5 Å². The minimum atomic E-state index is -0.215. The number of amides is 1. The Morgan fingerprint density at radius 1 is 1.25 bits per heavy atom. The number of methoxy groups -OCH3 is 1. The van der Waals surface area contributed by atoms with Gasteiger partial charge in [0.25, 0.3) is 0 Å². The molecule has 1 aliphatic rings. The third kappa shape index (κ3) is 3.90. The highest BCUT2D eigenvalue weighted by Crippen LogP contribution is 2.27. The SMILES string of the molecule is COc1ncc(NC(=O)C=Cc2ccccc2)c(N2CCCC2)n1. The number of carbonyl (C=O) groups excluding carboxylic acids is 1. The van der Waals surface area contributed by atoms with Crippen LogP contribution in [0.15, 0.2) is 42.6 Å². The molecule has 2 aromatic rings. The van der Waals surface area contributed by atoms with E-state index in [1.54, 1.807) is 12.3 Å². The van der Waals surface area contributed by atoms with E-state index < -0.39 is 0 Å². The summed E-state index contributed by atoms with van der Waals surface area (Å²) in [6.45, 7) is 1.84. The van der Waals surface area contributed by atoms with Crippen LogP contribution in [-0.2, 0) is 4.79 Å². The highest BCUT2D eigenvalue weighted by Gasteiger charge is 2.19. The number of anilines is 2. The molecule has 2 heterocycles. The van der Waals surface area contributed by atoms with E-state index in [2.05, 4.69) is 20.2 Å². The average Bonchev–Trinajstić information content (AvgIpc) is 3.16. The fourth-order valence-corrected chi connectivity index (χ4v) is 2.62. The first-order valence-corrected chi connectivity index (χ1v) is 7.96. The summed E-state index contributed by atoms with van der Waals surface area (Å²) in [5.74, 6) is 0.494. The largest absolute Gasteiger partial charge is 0.467 e. The number of hydrogen-bond donors (Lipinski definition) is 1. The van der Waals surface area contributed by atoms with Crippen molar-refractivity contribution < 1.29 is 9.53 Å². The van der Waals surface area contributed by atoms with E-state index in [0.717, 1.165) is 31.5 Å². The molecule has 0 saturated carbocycles. The monoisotopic (exact) mass is 324 g/mol. The van der Waals surface area contributed by atoms with Gasteiger partial charge >= 0.3 is 6.01 Å². The van der Waals surface area contributed by atoms with Gasteiger partial charge in [0.1, 0.15) is 5.69 Å². The minimum Gasteiger partial charge on any atom is -0.467 e. The fraction of sp³-hybridized carbons (Fsp3) is 0.278. The van der Waals surface area contributed by atoms with Crippen LogP contribution in [0, 0.1) is 0 Å². The lowest BCUT2D eigenvalue weighted by Gasteiger charge is -2.19. The lowest BCUT2D eigenvalue weighted by atomic mass is 10.2. The molecule has 1 N–H and O–H groups in total. The topological polar surface area (TPSA) is 67.3 Å². The van der Waals surface area contributed by atoms with Gasteiger partial charge in [0.15, 0.2) is 5.82 Å². The molecule has 0 atom stereocenters. The van der Waals surface area contributed by atoms with Crippen LogP contribution in [0.25, 0.3) is 6.08 Å². The molecular formula is C18H20N4O2. The number of aromatic nitrogens is 2. The normalized spacial score (nSPS) is 14.1. The number of benzene rings is 1. The molecule has 1 aromatic heterocycles. The molecule has 1 saturated heterocycles. The average molecular weight is 324 g/mol. The first kappa shape index (κ1) is 16.0. The highest BCUT2D eigenvalue weighted by atomic mass is 16.5. The summed E-state index contributed by atoms with van der Waals surface area (Å²) in [5.41, 5.74) is 1.57. The Morgan fingerprint density at radius 3 is 2.71 bits per heavy atom. The molecule has 0 unspecified atom stereocenters. The Balaban J connectivity index is 1.76. The first-order valence-electron chi connectivity index (χ1n) is 7.96. The van der Waals surface area contributed by atoms with Crippen molar-refractivity contribution in [3.63, 3.8) is 0 Å². The quantitative estimate of drug-likeness (QED) is 0.857. The first-order chi connectivity index (χ1) is 11.8. The van der Waals surface area contributed by atoms with Crippen molar-refractivity contribution in [3.05, 3.63) is 48.2 Å². The van der Waals surface area contributed by atoms with E-state index in [-0.39, 0.29) is 5.91 Å². The second-order valence-corrected chi connectivity index (χ2v) is 5.52. The van der Waals surface area contributed by atoms with Crippen molar-refractivity contribution in [2.75, 3.05) is 30.4 Å². The van der Waals surface area contributed by atoms with Gasteiger partial charge in [-0.1, -0.05) is 30.3 Å². The summed E-state index contributed by atoms with van der Waals surface area (Å²) in [7, 11) is 1.53. The number of rotatable bonds is 5. The number of ether oxygens (including phenoxy) is 1. The Morgan fingerprint density at radius 2 is 2.00 bits per heavy atom. The van der Waals surface area contributed by atoms with Gasteiger partial charge in [-0.05, 0) is 24.5 Å². The van der Waals surface area contributed by atoms with Gasteiger partial charge in [0.05, 0.1) is 13.3 Å². The summed E-state index contributed by atoms with van der Waals surface area (Å²) in [6, 6.07) is 9.98. The molecule has 0 radical (unpaired) electrons. The second kappa shape index (κ2) is 7.59. The number of nitrogens with zero attached hydrogens (tertiary/aromatic N) is 3.